The molecule has 3 N–H and O–H groups in total. The van der Waals surface area contributed by atoms with Crippen LogP contribution in [0.25, 0.3) is 0 Å². The zero-order chi connectivity index (χ0) is 26.6. The number of allylic oxidation sites excluding steroid dienone is 2. The van der Waals surface area contributed by atoms with E-state index in [2.05, 4.69) is 20.8 Å². The van der Waals surface area contributed by atoms with Gasteiger partial charge in [0.05, 0.1) is 12.2 Å². The summed E-state index contributed by atoms with van der Waals surface area (Å²) in [5, 5.41) is 32.6. The van der Waals surface area contributed by atoms with Crippen LogP contribution in [0.3, 0.4) is 0 Å². The summed E-state index contributed by atoms with van der Waals surface area (Å²) in [6.07, 6.45) is 6.42. The van der Waals surface area contributed by atoms with Crippen molar-refractivity contribution in [2.45, 2.75) is 111 Å². The number of hydrogen-bond acceptors (Lipinski definition) is 5. The van der Waals surface area contributed by atoms with E-state index in [4.69, 9.17) is 4.74 Å². The van der Waals surface area contributed by atoms with Crippen LogP contribution in [-0.2, 0) is 14.3 Å². The van der Waals surface area contributed by atoms with Gasteiger partial charge in [-0.1, -0.05) is 32.4 Å². The van der Waals surface area contributed by atoms with Gasteiger partial charge in [-0.25, -0.2) is 4.79 Å². The van der Waals surface area contributed by atoms with Gasteiger partial charge in [-0.15, -0.1) is 0 Å². The van der Waals surface area contributed by atoms with Crippen LogP contribution < -0.4 is 0 Å². The number of aliphatic hydroxyl groups excluding tert-OH is 2. The van der Waals surface area contributed by atoms with E-state index in [9.17, 15) is 24.9 Å². The predicted octanol–water partition coefficient (Wildman–Crippen LogP) is 5.28. The molecule has 36 heavy (non-hydrogen) atoms. The third kappa shape index (κ3) is 4.47. The van der Waals surface area contributed by atoms with Crippen LogP contribution in [0.5, 0.6) is 0 Å². The molecule has 202 valence electrons. The number of esters is 1. The first-order chi connectivity index (χ1) is 16.8. The molecule has 6 heteroatoms. The molecule has 0 unspecified atom stereocenters. The third-order valence-electron chi connectivity index (χ3n) is 10.8. The minimum Gasteiger partial charge on any atom is -0.478 e. The molecule has 4 aliphatic carbocycles. The van der Waals surface area contributed by atoms with E-state index >= 15 is 0 Å². The van der Waals surface area contributed by atoms with Crippen LogP contribution in [0.15, 0.2) is 22.8 Å². The van der Waals surface area contributed by atoms with Crippen LogP contribution in [0.1, 0.15) is 92.9 Å². The number of carboxylic acid groups (broad SMARTS) is 1. The third-order valence-corrected chi connectivity index (χ3v) is 10.8. The first-order valence-electron chi connectivity index (χ1n) is 13.9. The summed E-state index contributed by atoms with van der Waals surface area (Å²) in [6.45, 7) is 12.1. The standard InChI is InChI=1S/C30H46O6/c1-16(2)8-7-9-19(28(34)35)26-22-14-24(33)27-21(30(22,6)15-25(26)36-18(4)31)11-10-20-17(3)23(32)12-13-29(20,27)5/h8,17,20-25,27,32-33H,7,9-15H2,1-6H3,(H,34,35)/b26-19-/t17-,20-,21-,22-,23+,24+,25-,27-,29-,30+/m0/s1. The second-order valence-electron chi connectivity index (χ2n) is 13.0. The fourth-order valence-corrected chi connectivity index (χ4v) is 9.24. The quantitative estimate of drug-likeness (QED) is 0.269. The van der Waals surface area contributed by atoms with Crippen molar-refractivity contribution in [1.82, 2.24) is 0 Å². The molecule has 0 spiro atoms. The van der Waals surface area contributed by atoms with E-state index in [0.29, 0.717) is 37.2 Å². The number of aliphatic carboxylic acids is 1. The topological polar surface area (TPSA) is 104 Å². The predicted molar refractivity (Wildman–Crippen MR) is 138 cm³/mol. The van der Waals surface area contributed by atoms with Gasteiger partial charge in [-0.05, 0) is 111 Å². The maximum atomic E-state index is 12.5. The number of aliphatic hydroxyl groups is 2. The molecule has 0 aliphatic heterocycles. The van der Waals surface area contributed by atoms with Crippen LogP contribution in [0.2, 0.25) is 0 Å². The Kier molecular flexibility index (Phi) is 7.53. The van der Waals surface area contributed by atoms with E-state index in [0.717, 1.165) is 36.8 Å². The lowest BCUT2D eigenvalue weighted by molar-refractivity contribution is -0.191. The maximum Gasteiger partial charge on any atom is 0.331 e. The van der Waals surface area contributed by atoms with E-state index in [-0.39, 0.29) is 40.6 Å². The van der Waals surface area contributed by atoms with Crippen molar-refractivity contribution in [3.63, 3.8) is 0 Å². The van der Waals surface area contributed by atoms with Gasteiger partial charge in [0.1, 0.15) is 6.10 Å². The molecule has 10 atom stereocenters. The first kappa shape index (κ1) is 27.4. The summed E-state index contributed by atoms with van der Waals surface area (Å²) in [4.78, 5) is 24.7. The second kappa shape index (κ2) is 9.90. The average molecular weight is 503 g/mol. The molecule has 0 bridgehead atoms. The SMILES string of the molecule is CC(=O)O[C@H]1C[C@@]2(C)[C@@H](C[C@@H](O)[C@@H]3[C@@H]2CC[C@H]2[C@H](C)[C@H](O)CC[C@]32C)/C1=C(\CCC=C(C)C)C(=O)O. The Labute approximate surface area is 216 Å². The molecule has 0 radical (unpaired) electrons. The number of ether oxygens (including phenoxy) is 1. The highest BCUT2D eigenvalue weighted by molar-refractivity contribution is 5.88. The van der Waals surface area contributed by atoms with Crippen molar-refractivity contribution in [2.75, 3.05) is 0 Å². The molecule has 0 amide bonds. The van der Waals surface area contributed by atoms with Gasteiger partial charge >= 0.3 is 11.9 Å². The Balaban J connectivity index is 1.77. The lowest BCUT2D eigenvalue weighted by Gasteiger charge is -2.64. The number of carboxylic acids is 1. The fraction of sp³-hybridized carbons (Fsp3) is 0.800. The number of hydrogen-bond donors (Lipinski definition) is 3. The second-order valence-corrected chi connectivity index (χ2v) is 13.0. The summed E-state index contributed by atoms with van der Waals surface area (Å²) < 4.78 is 5.83. The number of carbonyl (C=O) groups excluding carboxylic acids is 1. The average Bonchev–Trinajstić information content (AvgIpc) is 3.04. The molecule has 4 rings (SSSR count). The van der Waals surface area contributed by atoms with E-state index in [1.807, 2.05) is 19.9 Å². The van der Waals surface area contributed by atoms with Crippen molar-refractivity contribution in [3.8, 4) is 0 Å². The summed E-state index contributed by atoms with van der Waals surface area (Å²) in [6, 6.07) is 0. The summed E-state index contributed by atoms with van der Waals surface area (Å²) >= 11 is 0. The zero-order valence-corrected chi connectivity index (χ0v) is 22.9. The maximum absolute atomic E-state index is 12.5. The molecular formula is C30H46O6. The van der Waals surface area contributed by atoms with Crippen molar-refractivity contribution in [3.05, 3.63) is 22.8 Å². The van der Waals surface area contributed by atoms with Crippen LogP contribution >= 0.6 is 0 Å². The molecule has 0 aromatic carbocycles. The first-order valence-corrected chi connectivity index (χ1v) is 13.9. The van der Waals surface area contributed by atoms with Crippen molar-refractivity contribution in [1.29, 1.82) is 0 Å². The van der Waals surface area contributed by atoms with Gasteiger partial charge in [0.2, 0.25) is 0 Å². The molecule has 4 fully saturated rings. The Morgan fingerprint density at radius 2 is 1.69 bits per heavy atom. The van der Waals surface area contributed by atoms with E-state index in [1.54, 1.807) is 0 Å². The minimum absolute atomic E-state index is 0.0581. The van der Waals surface area contributed by atoms with Gasteiger partial charge in [0, 0.05) is 12.5 Å². The molecule has 4 saturated carbocycles. The molecule has 0 aromatic heterocycles. The van der Waals surface area contributed by atoms with E-state index < -0.39 is 24.1 Å². The Bertz CT molecular complexity index is 947. The summed E-state index contributed by atoms with van der Waals surface area (Å²) in [5.41, 5.74) is 1.93. The summed E-state index contributed by atoms with van der Waals surface area (Å²) in [5.74, 6) is -0.558. The molecule has 0 aromatic rings. The lowest BCUT2D eigenvalue weighted by atomic mass is 9.42. The molecular weight excluding hydrogens is 456 g/mol. The summed E-state index contributed by atoms with van der Waals surface area (Å²) in [7, 11) is 0. The minimum atomic E-state index is -0.948. The Hall–Kier alpha value is -1.66. The molecule has 0 heterocycles. The largest absolute Gasteiger partial charge is 0.478 e. The number of fused-ring (bicyclic) bond motifs is 5. The number of carbonyl (C=O) groups is 2. The Morgan fingerprint density at radius 1 is 1.03 bits per heavy atom. The van der Waals surface area contributed by atoms with Crippen molar-refractivity contribution >= 4 is 11.9 Å². The Morgan fingerprint density at radius 3 is 2.31 bits per heavy atom. The van der Waals surface area contributed by atoms with Gasteiger partial charge in [0.25, 0.3) is 0 Å². The van der Waals surface area contributed by atoms with Gasteiger partial charge in [-0.3, -0.25) is 4.79 Å². The van der Waals surface area contributed by atoms with Crippen LogP contribution in [0, 0.1) is 40.4 Å². The zero-order valence-electron chi connectivity index (χ0n) is 22.9. The smallest absolute Gasteiger partial charge is 0.331 e. The normalized spacial score (nSPS) is 45.1. The fourth-order valence-electron chi connectivity index (χ4n) is 9.24. The van der Waals surface area contributed by atoms with Gasteiger partial charge in [0.15, 0.2) is 0 Å². The van der Waals surface area contributed by atoms with Crippen molar-refractivity contribution in [2.24, 2.45) is 40.4 Å². The van der Waals surface area contributed by atoms with Gasteiger partial charge < -0.3 is 20.1 Å². The van der Waals surface area contributed by atoms with Crippen LogP contribution in [0.4, 0.5) is 0 Å². The van der Waals surface area contributed by atoms with Gasteiger partial charge in [-0.2, -0.15) is 0 Å². The van der Waals surface area contributed by atoms with Crippen LogP contribution in [-0.4, -0.2) is 45.6 Å². The highest BCUT2D eigenvalue weighted by atomic mass is 16.5. The number of rotatable bonds is 5. The van der Waals surface area contributed by atoms with E-state index in [1.165, 1.54) is 6.92 Å². The highest BCUT2D eigenvalue weighted by Crippen LogP contribution is 2.69. The lowest BCUT2D eigenvalue weighted by Crippen LogP contribution is -2.61. The molecule has 6 nitrogen and oxygen atoms in total. The van der Waals surface area contributed by atoms with Crippen molar-refractivity contribution < 1.29 is 29.6 Å². The monoisotopic (exact) mass is 502 g/mol. The molecule has 4 aliphatic rings. The highest BCUT2D eigenvalue weighted by Gasteiger charge is 2.66. The molecule has 0 saturated heterocycles.